The van der Waals surface area contributed by atoms with Crippen molar-refractivity contribution in [2.75, 3.05) is 52.3 Å². The average molecular weight is 583 g/mol. The van der Waals surface area contributed by atoms with Crippen molar-refractivity contribution < 1.29 is 27.2 Å². The second-order valence-electron chi connectivity index (χ2n) is 11.0. The number of rotatable bonds is 5. The van der Waals surface area contributed by atoms with Gasteiger partial charge >= 0.3 is 17.8 Å². The van der Waals surface area contributed by atoms with Crippen LogP contribution in [0.2, 0.25) is 0 Å². The maximum atomic E-state index is 13.6. The third-order valence-corrected chi connectivity index (χ3v) is 8.14. The number of nitriles is 1. The van der Waals surface area contributed by atoms with Gasteiger partial charge < -0.3 is 9.22 Å². The highest BCUT2D eigenvalue weighted by molar-refractivity contribution is 5.93. The summed E-state index contributed by atoms with van der Waals surface area (Å²) < 4.78 is 48.0. The topological polar surface area (TPSA) is 107 Å². The van der Waals surface area contributed by atoms with Crippen LogP contribution in [0.4, 0.5) is 24.8 Å². The summed E-state index contributed by atoms with van der Waals surface area (Å²) in [4.78, 5) is 30.4. The van der Waals surface area contributed by atoms with Gasteiger partial charge in [0, 0.05) is 30.0 Å². The van der Waals surface area contributed by atoms with Crippen LogP contribution in [0.25, 0.3) is 0 Å². The van der Waals surface area contributed by atoms with Gasteiger partial charge in [-0.25, -0.2) is 19.3 Å². The van der Waals surface area contributed by atoms with E-state index in [0.29, 0.717) is 22.2 Å². The number of alkyl halides is 3. The molecule has 1 aromatic heterocycles. The number of carbonyl (C=O) groups excluding carboxylic acids is 1. The fraction of sp³-hybridized carbons (Fsp3) is 0.379. The molecule has 42 heavy (non-hydrogen) atoms. The number of benzene rings is 2. The van der Waals surface area contributed by atoms with Crippen LogP contribution in [-0.4, -0.2) is 77.5 Å². The van der Waals surface area contributed by atoms with Crippen LogP contribution in [0, 0.1) is 11.3 Å². The molecule has 1 N–H and O–H groups in total. The van der Waals surface area contributed by atoms with Gasteiger partial charge in [-0.3, -0.25) is 9.80 Å². The molecule has 1 atom stereocenters. The molecule has 13 heteroatoms. The van der Waals surface area contributed by atoms with Crippen LogP contribution >= 0.6 is 0 Å². The number of likely N-dealkylation sites (N-methyl/N-ethyl adjacent to an activating group) is 2. The van der Waals surface area contributed by atoms with Crippen molar-refractivity contribution in [3.63, 3.8) is 0 Å². The minimum atomic E-state index is -4.61. The zero-order valence-corrected chi connectivity index (χ0v) is 23.7. The summed E-state index contributed by atoms with van der Waals surface area (Å²) in [6, 6.07) is 10.9. The van der Waals surface area contributed by atoms with Crippen molar-refractivity contribution >= 4 is 17.6 Å². The first-order valence-electron chi connectivity index (χ1n) is 13.4. The summed E-state index contributed by atoms with van der Waals surface area (Å²) in [5, 5.41) is 16.3. The molecule has 3 heterocycles. The van der Waals surface area contributed by atoms with Gasteiger partial charge in [0.15, 0.2) is 0 Å². The van der Waals surface area contributed by atoms with Crippen molar-refractivity contribution in [1.29, 1.82) is 5.26 Å². The lowest BCUT2D eigenvalue weighted by atomic mass is 9.89. The Hall–Kier alpha value is -4.41. The summed E-state index contributed by atoms with van der Waals surface area (Å²) in [7, 11) is 5.40. The number of hydrogen-bond donors (Lipinski definition) is 1. The lowest BCUT2D eigenvalue weighted by Crippen LogP contribution is -2.55. The Morgan fingerprint density at radius 3 is 2.57 bits per heavy atom. The summed E-state index contributed by atoms with van der Waals surface area (Å²) >= 11 is 0. The Morgan fingerprint density at radius 1 is 1.21 bits per heavy atom. The number of esters is 1. The first-order valence-corrected chi connectivity index (χ1v) is 13.4. The van der Waals surface area contributed by atoms with Crippen LogP contribution in [0.3, 0.4) is 0 Å². The van der Waals surface area contributed by atoms with Crippen LogP contribution in [0.15, 0.2) is 58.5 Å². The number of ether oxygens (including phenoxy) is 1. The Morgan fingerprint density at radius 2 is 1.93 bits per heavy atom. The first-order chi connectivity index (χ1) is 19.9. The van der Waals surface area contributed by atoms with Gasteiger partial charge in [0.05, 0.1) is 50.0 Å². The van der Waals surface area contributed by atoms with Crippen LogP contribution < -0.4 is 10.6 Å². The Bertz CT molecular complexity index is 1660. The van der Waals surface area contributed by atoms with Gasteiger partial charge in [0.2, 0.25) is 5.95 Å². The molecule has 0 amide bonds. The van der Waals surface area contributed by atoms with Crippen LogP contribution in [0.1, 0.15) is 35.2 Å². The number of nitrogens with one attached hydrogen (secondary N) is 1. The van der Waals surface area contributed by atoms with Crippen molar-refractivity contribution in [3.8, 4) is 6.07 Å². The number of aromatic nitrogens is 3. The average Bonchev–Trinajstić information content (AvgIpc) is 3.34. The lowest BCUT2D eigenvalue weighted by molar-refractivity contribution is -0.926. The van der Waals surface area contributed by atoms with E-state index in [0.717, 1.165) is 43.9 Å². The number of allylic oxidation sites excluding steroid dienone is 1. The summed E-state index contributed by atoms with van der Waals surface area (Å²) in [5.41, 5.74) is 0.640. The standard InChI is InChI=1S/C29H30F3N7O3/c1-18-24(26(40)42-4)25(23-9-8-19(16-33)14-20(23)17-39(3)12-10-36(2)11-13-39)38-27(34-35-28(38)41)37(18)22-7-5-6-21(15-22)29(30,31)32/h5-9,14-15,25H,10-13,17H2,1-4H3/p+1/t25-/m1/s1. The van der Waals surface area contributed by atoms with Crippen molar-refractivity contribution in [1.82, 2.24) is 19.7 Å². The van der Waals surface area contributed by atoms with Gasteiger partial charge in [-0.2, -0.15) is 18.4 Å². The molecule has 5 rings (SSSR count). The normalized spacial score (nSPS) is 18.9. The molecular formula is C29H31F3N7O3+. The highest BCUT2D eigenvalue weighted by Crippen LogP contribution is 2.44. The minimum Gasteiger partial charge on any atom is -0.466 e. The highest BCUT2D eigenvalue weighted by atomic mass is 19.4. The number of hydrogen-bond acceptors (Lipinski definition) is 7. The Balaban J connectivity index is 1.73. The van der Waals surface area contributed by atoms with E-state index >= 15 is 0 Å². The van der Waals surface area contributed by atoms with E-state index in [4.69, 9.17) is 4.74 Å². The molecule has 2 aliphatic heterocycles. The van der Waals surface area contributed by atoms with Crippen LogP contribution in [0.5, 0.6) is 0 Å². The zero-order chi connectivity index (χ0) is 30.4. The smallest absolute Gasteiger partial charge is 0.416 e. The number of methoxy groups -OCH3 is 1. The van der Waals surface area contributed by atoms with E-state index in [-0.39, 0.29) is 22.9 Å². The van der Waals surface area contributed by atoms with Crippen molar-refractivity contribution in [3.05, 3.63) is 86.5 Å². The molecule has 0 aliphatic carbocycles. The third kappa shape index (κ3) is 5.19. The number of H-pyrrole nitrogens is 1. The third-order valence-electron chi connectivity index (χ3n) is 8.14. The second kappa shape index (κ2) is 10.8. The van der Waals surface area contributed by atoms with E-state index in [1.165, 1.54) is 28.7 Å². The summed E-state index contributed by atoms with van der Waals surface area (Å²) in [6.45, 7) is 5.60. The highest BCUT2D eigenvalue weighted by Gasteiger charge is 2.42. The van der Waals surface area contributed by atoms with Gasteiger partial charge in [-0.1, -0.05) is 12.1 Å². The summed E-state index contributed by atoms with van der Waals surface area (Å²) in [5.74, 6) is -0.728. The molecule has 1 fully saturated rings. The van der Waals surface area contributed by atoms with Gasteiger partial charge in [0.25, 0.3) is 0 Å². The van der Waals surface area contributed by atoms with E-state index in [1.54, 1.807) is 25.1 Å². The number of piperazine rings is 1. The molecule has 2 aromatic carbocycles. The monoisotopic (exact) mass is 582 g/mol. The largest absolute Gasteiger partial charge is 0.466 e. The van der Waals surface area contributed by atoms with Gasteiger partial charge in [-0.15, -0.1) is 5.10 Å². The molecule has 10 nitrogen and oxygen atoms in total. The summed E-state index contributed by atoms with van der Waals surface area (Å²) in [6.07, 6.45) is -4.61. The molecule has 0 spiro atoms. The molecule has 2 aliphatic rings. The molecule has 0 radical (unpaired) electrons. The molecule has 220 valence electrons. The predicted octanol–water partition coefficient (Wildman–Crippen LogP) is 3.54. The SMILES string of the molecule is COC(=O)C1=C(C)N(c2cccc(C(F)(F)F)c2)c2n[nH]c(=O)n2[C@@H]1c1ccc(C#N)cc1C[N+]1(C)CCN(C)CC1. The molecule has 0 unspecified atom stereocenters. The fourth-order valence-corrected chi connectivity index (χ4v) is 5.77. The van der Waals surface area contributed by atoms with Crippen molar-refractivity contribution in [2.24, 2.45) is 0 Å². The van der Waals surface area contributed by atoms with E-state index in [9.17, 15) is 28.0 Å². The second-order valence-corrected chi connectivity index (χ2v) is 11.0. The number of halogens is 3. The number of fused-ring (bicyclic) bond motifs is 1. The first kappa shape index (κ1) is 29.1. The lowest BCUT2D eigenvalue weighted by Gasteiger charge is -2.42. The Labute approximate surface area is 240 Å². The van der Waals surface area contributed by atoms with Crippen molar-refractivity contribution in [2.45, 2.75) is 25.7 Å². The van der Waals surface area contributed by atoms with E-state index in [2.05, 4.69) is 35.3 Å². The molecule has 0 bridgehead atoms. The van der Waals surface area contributed by atoms with E-state index < -0.39 is 29.4 Å². The molecule has 3 aromatic rings. The predicted molar refractivity (Wildman–Crippen MR) is 148 cm³/mol. The van der Waals surface area contributed by atoms with Crippen LogP contribution in [-0.2, 0) is 22.3 Å². The Kier molecular flexibility index (Phi) is 7.46. The number of nitrogens with zero attached hydrogens (tertiary/aromatic N) is 6. The minimum absolute atomic E-state index is 0.0183. The van der Waals surface area contributed by atoms with Gasteiger partial charge in [-0.05, 0) is 49.9 Å². The maximum Gasteiger partial charge on any atom is 0.416 e. The molecule has 1 saturated heterocycles. The number of anilines is 2. The molecular weight excluding hydrogens is 551 g/mol. The number of carbonyl (C=O) groups is 1. The number of aromatic amines is 1. The van der Waals surface area contributed by atoms with Gasteiger partial charge in [0.1, 0.15) is 12.6 Å². The zero-order valence-electron chi connectivity index (χ0n) is 23.7. The fourth-order valence-electron chi connectivity index (χ4n) is 5.77. The maximum absolute atomic E-state index is 13.6. The van der Waals surface area contributed by atoms with E-state index in [1.807, 2.05) is 0 Å². The number of quaternary nitrogens is 1. The quantitative estimate of drug-likeness (QED) is 0.362. The molecule has 0 saturated carbocycles.